The van der Waals surface area contributed by atoms with Gasteiger partial charge in [0.25, 0.3) is 0 Å². The summed E-state index contributed by atoms with van der Waals surface area (Å²) in [5.74, 6) is 1.84. The van der Waals surface area contributed by atoms with Crippen LogP contribution in [0.15, 0.2) is 35.5 Å². The Labute approximate surface area is 163 Å². The van der Waals surface area contributed by atoms with Crippen molar-refractivity contribution in [1.29, 1.82) is 5.26 Å². The number of amidine groups is 1. The Bertz CT molecular complexity index is 830. The molecule has 0 amide bonds. The third-order valence-corrected chi connectivity index (χ3v) is 4.85. The van der Waals surface area contributed by atoms with Crippen molar-refractivity contribution in [2.24, 2.45) is 4.99 Å². The lowest BCUT2D eigenvalue weighted by atomic mass is 10.1. The van der Waals surface area contributed by atoms with E-state index in [4.69, 9.17) is 14.7 Å². The predicted octanol–water partition coefficient (Wildman–Crippen LogP) is 2.63. The third kappa shape index (κ3) is 5.02. The number of hydrogen-bond donors (Lipinski definition) is 1. The van der Waals surface area contributed by atoms with Gasteiger partial charge in [-0.3, -0.25) is 10.3 Å². The van der Waals surface area contributed by atoms with Crippen molar-refractivity contribution in [3.8, 4) is 11.9 Å². The Morgan fingerprint density at radius 3 is 3.00 bits per heavy atom. The number of nitrogens with zero attached hydrogens (tertiary/aromatic N) is 4. The summed E-state index contributed by atoms with van der Waals surface area (Å²) in [7, 11) is 0. The Morgan fingerprint density at radius 1 is 1.37 bits per heavy atom. The number of hydrogen-bond acceptors (Lipinski definition) is 7. The molecule has 1 aliphatic rings. The number of benzene rings is 1. The summed E-state index contributed by atoms with van der Waals surface area (Å²) in [5.41, 5.74) is 0. The molecule has 2 aromatic rings. The van der Waals surface area contributed by atoms with Gasteiger partial charge in [-0.2, -0.15) is 5.26 Å². The van der Waals surface area contributed by atoms with Gasteiger partial charge in [0.1, 0.15) is 11.6 Å². The van der Waals surface area contributed by atoms with E-state index in [0.717, 1.165) is 55.1 Å². The molecule has 1 fully saturated rings. The number of morpholine rings is 1. The van der Waals surface area contributed by atoms with Crippen LogP contribution in [0.2, 0.25) is 0 Å². The molecular formula is C19H23N5O2S. The molecule has 0 atom stereocenters. The first-order valence-electron chi connectivity index (χ1n) is 8.90. The molecular weight excluding hydrogens is 362 g/mol. The van der Waals surface area contributed by atoms with E-state index in [2.05, 4.69) is 26.3 Å². The van der Waals surface area contributed by atoms with Crippen molar-refractivity contribution in [3.05, 3.63) is 30.5 Å². The minimum atomic E-state index is 0.562. The van der Waals surface area contributed by atoms with Crippen molar-refractivity contribution in [3.63, 3.8) is 0 Å². The lowest BCUT2D eigenvalue weighted by molar-refractivity contribution is 0.122. The third-order valence-electron chi connectivity index (χ3n) is 4.23. The number of thioether (sulfide) groups is 1. The molecule has 0 saturated carbocycles. The molecule has 0 spiro atoms. The lowest BCUT2D eigenvalue weighted by Crippen LogP contribution is -2.36. The minimum Gasteiger partial charge on any atom is -0.493 e. The number of fused-ring (bicyclic) bond motifs is 1. The summed E-state index contributed by atoms with van der Waals surface area (Å²) in [6.07, 6.45) is 6.38. The molecule has 0 aliphatic carbocycles. The first-order chi connectivity index (χ1) is 13.3. The topological polar surface area (TPSA) is 82.8 Å². The molecule has 1 aromatic carbocycles. The lowest BCUT2D eigenvalue weighted by Gasteiger charge is -2.28. The number of anilines is 1. The van der Waals surface area contributed by atoms with Gasteiger partial charge in [-0.25, -0.2) is 4.98 Å². The highest BCUT2D eigenvalue weighted by atomic mass is 32.2. The quantitative estimate of drug-likeness (QED) is 0.269. The molecule has 0 bridgehead atoms. The summed E-state index contributed by atoms with van der Waals surface area (Å²) in [5, 5.41) is 14.0. The van der Waals surface area contributed by atoms with Crippen LogP contribution in [0.4, 0.5) is 5.82 Å². The van der Waals surface area contributed by atoms with Gasteiger partial charge in [-0.05, 0) is 18.4 Å². The van der Waals surface area contributed by atoms with Gasteiger partial charge in [0, 0.05) is 43.0 Å². The van der Waals surface area contributed by atoms with E-state index in [1.807, 2.05) is 36.8 Å². The van der Waals surface area contributed by atoms with E-state index in [9.17, 15) is 0 Å². The molecule has 1 saturated heterocycles. The summed E-state index contributed by atoms with van der Waals surface area (Å²) in [6.45, 7) is 4.33. The average molecular weight is 385 g/mol. The first-order valence-corrected chi connectivity index (χ1v) is 10.1. The second-order valence-corrected chi connectivity index (χ2v) is 6.71. The number of nitrogens with one attached hydrogen (secondary N) is 1. The first kappa shape index (κ1) is 19.3. The van der Waals surface area contributed by atoms with Gasteiger partial charge in [0.15, 0.2) is 11.4 Å². The van der Waals surface area contributed by atoms with E-state index in [1.54, 1.807) is 0 Å². The van der Waals surface area contributed by atoms with E-state index in [0.29, 0.717) is 18.3 Å². The highest BCUT2D eigenvalue weighted by Gasteiger charge is 2.16. The molecule has 3 rings (SSSR count). The zero-order valence-corrected chi connectivity index (χ0v) is 16.2. The Kier molecular flexibility index (Phi) is 7.13. The van der Waals surface area contributed by atoms with Crippen LogP contribution in [0.5, 0.6) is 5.75 Å². The highest BCUT2D eigenvalue weighted by Crippen LogP contribution is 2.31. The van der Waals surface area contributed by atoms with E-state index >= 15 is 0 Å². The molecule has 1 aliphatic heterocycles. The molecule has 2 heterocycles. The number of pyridine rings is 1. The van der Waals surface area contributed by atoms with Crippen LogP contribution in [-0.2, 0) is 4.74 Å². The Hall–Kier alpha value is -2.50. The Morgan fingerprint density at radius 2 is 2.22 bits per heavy atom. The van der Waals surface area contributed by atoms with Gasteiger partial charge >= 0.3 is 0 Å². The van der Waals surface area contributed by atoms with Crippen LogP contribution in [0.1, 0.15) is 6.42 Å². The number of nitriles is 1. The maximum absolute atomic E-state index is 8.64. The molecule has 27 heavy (non-hydrogen) atoms. The van der Waals surface area contributed by atoms with Gasteiger partial charge in [0.05, 0.1) is 19.8 Å². The number of ether oxygens (including phenoxy) is 2. The minimum absolute atomic E-state index is 0.562. The van der Waals surface area contributed by atoms with Crippen LogP contribution >= 0.6 is 11.8 Å². The standard InChI is InChI=1S/C19H23N5O2S/c1-27-19(23-14-20)22-7-3-11-26-17-5-2-4-16-15(17)6-8-21-18(16)24-9-12-25-13-10-24/h2,4-6,8H,3,7,9-13H2,1H3,(H,22,23). The number of aliphatic imine (C=N–C) groups is 1. The SMILES string of the molecule is CS/C(=N\CCCOc1cccc2c(N3CCOCC3)nccc12)NC#N. The van der Waals surface area contributed by atoms with Gasteiger partial charge in [-0.1, -0.05) is 23.9 Å². The fraction of sp³-hybridized carbons (Fsp3) is 0.421. The summed E-state index contributed by atoms with van der Waals surface area (Å²) >= 11 is 1.42. The molecule has 7 nitrogen and oxygen atoms in total. The van der Waals surface area contributed by atoms with Crippen LogP contribution in [0, 0.1) is 11.5 Å². The molecule has 1 N–H and O–H groups in total. The molecule has 0 radical (unpaired) electrons. The zero-order valence-electron chi connectivity index (χ0n) is 15.4. The summed E-state index contributed by atoms with van der Waals surface area (Å²) in [6, 6.07) is 8.07. The molecule has 8 heteroatoms. The molecule has 142 valence electrons. The van der Waals surface area contributed by atoms with Crippen molar-refractivity contribution < 1.29 is 9.47 Å². The van der Waals surface area contributed by atoms with Crippen molar-refractivity contribution in [2.75, 3.05) is 50.6 Å². The van der Waals surface area contributed by atoms with Crippen LogP contribution < -0.4 is 15.0 Å². The van der Waals surface area contributed by atoms with Crippen LogP contribution in [0.3, 0.4) is 0 Å². The summed E-state index contributed by atoms with van der Waals surface area (Å²) < 4.78 is 11.4. The maximum atomic E-state index is 8.64. The van der Waals surface area contributed by atoms with E-state index < -0.39 is 0 Å². The second-order valence-electron chi connectivity index (χ2n) is 5.92. The summed E-state index contributed by atoms with van der Waals surface area (Å²) in [4.78, 5) is 11.2. The van der Waals surface area contributed by atoms with Crippen LogP contribution in [-0.4, -0.2) is 55.9 Å². The van der Waals surface area contributed by atoms with E-state index in [-0.39, 0.29) is 0 Å². The zero-order chi connectivity index (χ0) is 18.9. The van der Waals surface area contributed by atoms with Crippen molar-refractivity contribution in [1.82, 2.24) is 10.3 Å². The monoisotopic (exact) mass is 385 g/mol. The number of aromatic nitrogens is 1. The predicted molar refractivity (Wildman–Crippen MR) is 109 cm³/mol. The van der Waals surface area contributed by atoms with Crippen molar-refractivity contribution in [2.45, 2.75) is 6.42 Å². The van der Waals surface area contributed by atoms with Gasteiger partial charge in [-0.15, -0.1) is 0 Å². The highest BCUT2D eigenvalue weighted by molar-refractivity contribution is 8.13. The largest absolute Gasteiger partial charge is 0.493 e. The smallest absolute Gasteiger partial charge is 0.183 e. The van der Waals surface area contributed by atoms with E-state index in [1.165, 1.54) is 11.8 Å². The maximum Gasteiger partial charge on any atom is 0.183 e. The fourth-order valence-corrected chi connectivity index (χ4v) is 3.31. The molecule has 1 aromatic heterocycles. The second kappa shape index (κ2) is 10.00. The average Bonchev–Trinajstić information content (AvgIpc) is 2.73. The van der Waals surface area contributed by atoms with Crippen LogP contribution in [0.25, 0.3) is 10.8 Å². The van der Waals surface area contributed by atoms with Gasteiger partial charge in [0.2, 0.25) is 0 Å². The molecule has 0 unspecified atom stereocenters. The number of rotatable bonds is 6. The normalized spacial score (nSPS) is 14.8. The van der Waals surface area contributed by atoms with Crippen molar-refractivity contribution >= 4 is 33.5 Å². The van der Waals surface area contributed by atoms with Gasteiger partial charge < -0.3 is 14.4 Å². The Balaban J connectivity index is 1.66. The fourth-order valence-electron chi connectivity index (χ4n) is 2.95.